The topological polar surface area (TPSA) is 9.23 Å². The van der Waals surface area contributed by atoms with Crippen LogP contribution in [-0.4, -0.2) is 6.61 Å². The van der Waals surface area contributed by atoms with Gasteiger partial charge in [-0.25, -0.2) is 26.3 Å². The van der Waals surface area contributed by atoms with E-state index in [1.807, 2.05) is 0 Å². The highest BCUT2D eigenvalue weighted by molar-refractivity contribution is 5.70. The van der Waals surface area contributed by atoms with Crippen molar-refractivity contribution in [2.45, 2.75) is 110 Å². The van der Waals surface area contributed by atoms with Gasteiger partial charge in [0.1, 0.15) is 0 Å². The van der Waals surface area contributed by atoms with Gasteiger partial charge in [0, 0.05) is 0 Å². The predicted molar refractivity (Wildman–Crippen MR) is 154 cm³/mol. The smallest absolute Gasteiger partial charge is 0.204 e. The Morgan fingerprint density at radius 2 is 1.02 bits per heavy atom. The molecule has 0 saturated heterocycles. The second-order valence-corrected chi connectivity index (χ2v) is 11.6. The van der Waals surface area contributed by atoms with E-state index < -0.39 is 69.0 Å². The normalized spacial score (nSPS) is 17.3. The monoisotopic (exact) mass is 618 g/mol. The van der Waals surface area contributed by atoms with Crippen molar-refractivity contribution in [3.05, 3.63) is 58.2 Å². The van der Waals surface area contributed by atoms with Gasteiger partial charge in [0.15, 0.2) is 40.7 Å². The number of ether oxygens (including phenoxy) is 1. The molecule has 0 radical (unpaired) electrons. The minimum atomic E-state index is -2.22. The van der Waals surface area contributed by atoms with E-state index >= 15 is 8.78 Å². The van der Waals surface area contributed by atoms with E-state index in [1.54, 1.807) is 0 Å². The van der Waals surface area contributed by atoms with E-state index in [4.69, 9.17) is 4.74 Å². The molecule has 0 amide bonds. The van der Waals surface area contributed by atoms with Crippen LogP contribution in [0.3, 0.4) is 0 Å². The van der Waals surface area contributed by atoms with Gasteiger partial charge < -0.3 is 4.74 Å². The van der Waals surface area contributed by atoms with Crippen molar-refractivity contribution in [2.75, 3.05) is 6.61 Å². The lowest BCUT2D eigenvalue weighted by molar-refractivity contribution is 0.264. The number of benzene rings is 2. The van der Waals surface area contributed by atoms with Gasteiger partial charge >= 0.3 is 0 Å². The Hall–Kier alpha value is -2.58. The highest BCUT2D eigenvalue weighted by atomic mass is 19.2. The molecule has 0 heterocycles. The first-order valence-electron chi connectivity index (χ1n) is 15.7. The molecule has 0 aliphatic heterocycles. The molecule has 43 heavy (non-hydrogen) atoms. The minimum Gasteiger partial charge on any atom is -0.487 e. The summed E-state index contributed by atoms with van der Waals surface area (Å²) in [5, 5.41) is 0. The third kappa shape index (κ3) is 8.75. The molecule has 1 nitrogen and oxygen atoms in total. The SMILES string of the molecule is CCCCCCCCCOc1c(F)c(F)c(-c2c(F)c(F)c(/C=C/C3CCC(CCCCC)CC3)c(F)c2F)c(F)c1F. The molecule has 0 N–H and O–H groups in total. The zero-order valence-corrected chi connectivity index (χ0v) is 25.1. The molecule has 1 aliphatic carbocycles. The first kappa shape index (κ1) is 34.9. The average molecular weight is 619 g/mol. The number of hydrogen-bond acceptors (Lipinski definition) is 1. The number of allylic oxidation sites excluding steroid dienone is 1. The maximum Gasteiger partial charge on any atom is 0.204 e. The molecule has 0 spiro atoms. The Kier molecular flexibility index (Phi) is 13.8. The van der Waals surface area contributed by atoms with Crippen LogP contribution in [0.4, 0.5) is 35.1 Å². The maximum atomic E-state index is 15.1. The summed E-state index contributed by atoms with van der Waals surface area (Å²) in [5.74, 6) is -17.6. The molecule has 2 aromatic carbocycles. The second-order valence-electron chi connectivity index (χ2n) is 11.6. The number of rotatable bonds is 16. The summed E-state index contributed by atoms with van der Waals surface area (Å²) in [7, 11) is 0. The van der Waals surface area contributed by atoms with Crippen LogP contribution in [0.2, 0.25) is 0 Å². The van der Waals surface area contributed by atoms with E-state index in [9.17, 15) is 26.3 Å². The van der Waals surface area contributed by atoms with Crippen molar-refractivity contribution < 1.29 is 39.9 Å². The molecule has 1 fully saturated rings. The van der Waals surface area contributed by atoms with Gasteiger partial charge in [-0.1, -0.05) is 90.2 Å². The Labute approximate surface area is 249 Å². The molecule has 0 aromatic heterocycles. The predicted octanol–water partition coefficient (Wildman–Crippen LogP) is 12.0. The molecular formula is C34H42F8O. The van der Waals surface area contributed by atoms with Crippen LogP contribution in [0.1, 0.15) is 116 Å². The van der Waals surface area contributed by atoms with Crippen LogP contribution in [0.25, 0.3) is 17.2 Å². The zero-order chi connectivity index (χ0) is 31.5. The summed E-state index contributed by atoms with van der Waals surface area (Å²) >= 11 is 0. The maximum absolute atomic E-state index is 15.1. The summed E-state index contributed by atoms with van der Waals surface area (Å²) < 4.78 is 124. The molecular weight excluding hydrogens is 576 g/mol. The van der Waals surface area contributed by atoms with Gasteiger partial charge in [-0.05, 0) is 43.9 Å². The van der Waals surface area contributed by atoms with Crippen molar-refractivity contribution in [3.63, 3.8) is 0 Å². The quantitative estimate of drug-likeness (QED) is 0.103. The van der Waals surface area contributed by atoms with E-state index in [0.29, 0.717) is 18.8 Å². The fourth-order valence-corrected chi connectivity index (χ4v) is 5.79. The van der Waals surface area contributed by atoms with Crippen LogP contribution >= 0.6 is 0 Å². The molecule has 1 aliphatic rings. The summed E-state index contributed by atoms with van der Waals surface area (Å²) in [6.45, 7) is 3.95. The van der Waals surface area contributed by atoms with Crippen LogP contribution in [0.15, 0.2) is 6.08 Å². The first-order valence-corrected chi connectivity index (χ1v) is 15.7. The van der Waals surface area contributed by atoms with Crippen molar-refractivity contribution in [3.8, 4) is 16.9 Å². The molecule has 240 valence electrons. The van der Waals surface area contributed by atoms with Crippen molar-refractivity contribution >= 4 is 6.08 Å². The summed E-state index contributed by atoms with van der Waals surface area (Å²) in [6.07, 6.45) is 16.3. The Morgan fingerprint density at radius 3 is 1.56 bits per heavy atom. The van der Waals surface area contributed by atoms with Crippen molar-refractivity contribution in [2.24, 2.45) is 11.8 Å². The Balaban J connectivity index is 1.78. The second kappa shape index (κ2) is 17.0. The number of hydrogen-bond donors (Lipinski definition) is 0. The van der Waals surface area contributed by atoms with Crippen LogP contribution < -0.4 is 4.74 Å². The number of unbranched alkanes of at least 4 members (excludes halogenated alkanes) is 8. The van der Waals surface area contributed by atoms with Gasteiger partial charge in [-0.15, -0.1) is 0 Å². The highest BCUT2D eigenvalue weighted by Crippen LogP contribution is 2.41. The number of halogens is 8. The third-order valence-corrected chi connectivity index (χ3v) is 8.41. The molecule has 0 bridgehead atoms. The zero-order valence-electron chi connectivity index (χ0n) is 25.1. The van der Waals surface area contributed by atoms with Gasteiger partial charge in [0.05, 0.1) is 23.3 Å². The first-order chi connectivity index (χ1) is 20.6. The fourth-order valence-electron chi connectivity index (χ4n) is 5.79. The average Bonchev–Trinajstić information content (AvgIpc) is 3.00. The minimum absolute atomic E-state index is 0.0568. The molecule has 0 unspecified atom stereocenters. The van der Waals surface area contributed by atoms with Gasteiger partial charge in [0.2, 0.25) is 11.6 Å². The Morgan fingerprint density at radius 1 is 0.558 bits per heavy atom. The summed E-state index contributed by atoms with van der Waals surface area (Å²) in [4.78, 5) is 0. The largest absolute Gasteiger partial charge is 0.487 e. The van der Waals surface area contributed by atoms with E-state index in [1.165, 1.54) is 6.08 Å². The van der Waals surface area contributed by atoms with Crippen LogP contribution in [0.5, 0.6) is 5.75 Å². The molecule has 0 atom stereocenters. The Bertz CT molecular complexity index is 1180. The lowest BCUT2D eigenvalue weighted by atomic mass is 9.79. The van der Waals surface area contributed by atoms with Crippen LogP contribution in [-0.2, 0) is 0 Å². The highest BCUT2D eigenvalue weighted by Gasteiger charge is 2.34. The fraction of sp³-hybridized carbons (Fsp3) is 0.588. The summed E-state index contributed by atoms with van der Waals surface area (Å²) in [5.41, 5.74) is -4.82. The molecule has 3 rings (SSSR count). The molecule has 1 saturated carbocycles. The van der Waals surface area contributed by atoms with E-state index in [0.717, 1.165) is 89.5 Å². The third-order valence-electron chi connectivity index (χ3n) is 8.41. The standard InChI is InChI=1S/C34H42F8O/c1-3-5-7-8-9-10-12-20-43-34-32(41)30(39)25(31(40)33(34)42)24-28(37)26(35)23(27(36)29(24)38)19-18-22-16-14-21(15-17-22)13-11-6-4-2/h18-19,21-22H,3-17,20H2,1-2H3/b19-18+. The van der Waals surface area contributed by atoms with E-state index in [2.05, 4.69) is 13.8 Å². The lowest BCUT2D eigenvalue weighted by Crippen LogP contribution is -2.13. The van der Waals surface area contributed by atoms with Gasteiger partial charge in [-0.2, -0.15) is 8.78 Å². The summed E-state index contributed by atoms with van der Waals surface area (Å²) in [6, 6.07) is 0. The van der Waals surface area contributed by atoms with Crippen LogP contribution in [0, 0.1) is 58.4 Å². The van der Waals surface area contributed by atoms with Gasteiger partial charge in [-0.3, -0.25) is 0 Å². The molecule has 9 heteroatoms. The van der Waals surface area contributed by atoms with Crippen molar-refractivity contribution in [1.82, 2.24) is 0 Å². The van der Waals surface area contributed by atoms with E-state index in [-0.39, 0.29) is 12.5 Å². The lowest BCUT2D eigenvalue weighted by Gasteiger charge is -2.26. The van der Waals surface area contributed by atoms with Gasteiger partial charge in [0.25, 0.3) is 0 Å². The van der Waals surface area contributed by atoms with Crippen molar-refractivity contribution in [1.29, 1.82) is 0 Å². The molecule has 2 aromatic rings.